The van der Waals surface area contributed by atoms with Gasteiger partial charge in [0, 0.05) is 36.6 Å². The van der Waals surface area contributed by atoms with E-state index < -0.39 is 11.6 Å². The number of nitrogens with one attached hydrogen (secondary N) is 1. The number of aliphatic hydroxyl groups is 1. The average molecular weight is 581 g/mol. The summed E-state index contributed by atoms with van der Waals surface area (Å²) in [6.45, 7) is 4.74. The van der Waals surface area contributed by atoms with Crippen molar-refractivity contribution in [3.63, 3.8) is 0 Å². The quantitative estimate of drug-likeness (QED) is 0.141. The number of rotatable bonds is 12. The summed E-state index contributed by atoms with van der Waals surface area (Å²) in [6.07, 6.45) is 1.84. The summed E-state index contributed by atoms with van der Waals surface area (Å²) >= 11 is 6.17. The van der Waals surface area contributed by atoms with Crippen molar-refractivity contribution in [2.45, 2.75) is 31.0 Å². The van der Waals surface area contributed by atoms with Crippen molar-refractivity contribution < 1.29 is 19.4 Å². The second-order valence-electron chi connectivity index (χ2n) is 10.1. The predicted octanol–water partition coefficient (Wildman–Crippen LogP) is 6.92. The van der Waals surface area contributed by atoms with E-state index in [1.165, 1.54) is 0 Å². The van der Waals surface area contributed by atoms with E-state index in [0.717, 1.165) is 27.8 Å². The van der Waals surface area contributed by atoms with Gasteiger partial charge in [0.05, 0.1) is 6.61 Å². The van der Waals surface area contributed by atoms with Crippen LogP contribution >= 0.6 is 11.6 Å². The van der Waals surface area contributed by atoms with Gasteiger partial charge in [-0.3, -0.25) is 4.79 Å². The van der Waals surface area contributed by atoms with Crippen molar-refractivity contribution in [3.05, 3.63) is 137 Å². The van der Waals surface area contributed by atoms with Crippen molar-refractivity contribution in [1.29, 1.82) is 0 Å². The summed E-state index contributed by atoms with van der Waals surface area (Å²) in [7, 11) is 0. The van der Waals surface area contributed by atoms with E-state index in [2.05, 4.69) is 24.0 Å². The zero-order valence-electron chi connectivity index (χ0n) is 23.2. The Morgan fingerprint density at radius 3 is 2.38 bits per heavy atom. The van der Waals surface area contributed by atoms with Crippen LogP contribution in [-0.2, 0) is 16.1 Å². The molecule has 0 saturated heterocycles. The minimum Gasteiger partial charge on any atom is -0.494 e. The van der Waals surface area contributed by atoms with Crippen molar-refractivity contribution in [2.24, 2.45) is 4.99 Å². The minimum atomic E-state index is -1.28. The van der Waals surface area contributed by atoms with E-state index in [0.29, 0.717) is 36.2 Å². The Labute approximate surface area is 251 Å². The first-order valence-electron chi connectivity index (χ1n) is 13.9. The third-order valence-electron chi connectivity index (χ3n) is 7.15. The number of ether oxygens (including phenoxy) is 2. The van der Waals surface area contributed by atoms with E-state index in [4.69, 9.17) is 31.2 Å². The smallest absolute Gasteiger partial charge is 0.252 e. The van der Waals surface area contributed by atoms with Crippen LogP contribution in [0.5, 0.6) is 5.75 Å². The number of amides is 1. The minimum absolute atomic E-state index is 0.0706. The molecule has 214 valence electrons. The molecule has 1 aliphatic heterocycles. The molecule has 0 unspecified atom stereocenters. The highest BCUT2D eigenvalue weighted by molar-refractivity contribution is 6.30. The lowest BCUT2D eigenvalue weighted by molar-refractivity contribution is -0.129. The SMILES string of the molecule is C=CC[C@@]1(C(=O)NCc2cccc(Cl)c2)N=C(c2ccc(OCCCO)cc2)O[C@@H]1c1ccc(-c2ccccc2)cc1. The van der Waals surface area contributed by atoms with E-state index >= 15 is 0 Å². The van der Waals surface area contributed by atoms with Crippen LogP contribution in [0.25, 0.3) is 11.1 Å². The number of nitrogens with zero attached hydrogens (tertiary/aromatic N) is 1. The molecule has 7 heteroatoms. The molecule has 0 saturated carbocycles. The van der Waals surface area contributed by atoms with Gasteiger partial charge in [0.2, 0.25) is 5.90 Å². The molecule has 1 amide bonds. The molecule has 0 spiro atoms. The van der Waals surface area contributed by atoms with Gasteiger partial charge in [0.1, 0.15) is 5.75 Å². The maximum atomic E-state index is 14.0. The van der Waals surface area contributed by atoms with Crippen LogP contribution in [0.4, 0.5) is 0 Å². The third-order valence-corrected chi connectivity index (χ3v) is 7.38. The summed E-state index contributed by atoms with van der Waals surface area (Å²) < 4.78 is 12.2. The first-order chi connectivity index (χ1) is 20.5. The van der Waals surface area contributed by atoms with Crippen LogP contribution in [0.3, 0.4) is 0 Å². The summed E-state index contributed by atoms with van der Waals surface area (Å²) in [4.78, 5) is 19.0. The molecule has 0 aliphatic carbocycles. The highest BCUT2D eigenvalue weighted by Gasteiger charge is 2.52. The average Bonchev–Trinajstić information content (AvgIpc) is 3.41. The van der Waals surface area contributed by atoms with Gasteiger partial charge in [-0.1, -0.05) is 84.4 Å². The number of aliphatic hydroxyl groups excluding tert-OH is 1. The zero-order valence-corrected chi connectivity index (χ0v) is 24.0. The fraction of sp³-hybridized carbons (Fsp3) is 0.200. The fourth-order valence-electron chi connectivity index (χ4n) is 5.00. The van der Waals surface area contributed by atoms with Crippen LogP contribution in [0, 0.1) is 0 Å². The molecule has 4 aromatic carbocycles. The molecule has 2 N–H and O–H groups in total. The monoisotopic (exact) mass is 580 g/mol. The third kappa shape index (κ3) is 6.56. The second kappa shape index (κ2) is 13.5. The maximum absolute atomic E-state index is 14.0. The maximum Gasteiger partial charge on any atom is 0.252 e. The normalized spacial score (nSPS) is 17.7. The van der Waals surface area contributed by atoms with Gasteiger partial charge in [0.15, 0.2) is 11.6 Å². The first kappa shape index (κ1) is 29.1. The molecule has 0 bridgehead atoms. The van der Waals surface area contributed by atoms with Crippen molar-refractivity contribution >= 4 is 23.4 Å². The Bertz CT molecular complexity index is 1540. The highest BCUT2D eigenvalue weighted by Crippen LogP contribution is 2.43. The first-order valence-corrected chi connectivity index (χ1v) is 14.3. The Balaban J connectivity index is 1.47. The van der Waals surface area contributed by atoms with Crippen molar-refractivity contribution in [1.82, 2.24) is 5.32 Å². The molecule has 0 aromatic heterocycles. The number of hydrogen-bond acceptors (Lipinski definition) is 5. The van der Waals surface area contributed by atoms with Crippen LogP contribution in [0.1, 0.15) is 35.6 Å². The van der Waals surface area contributed by atoms with E-state index in [1.807, 2.05) is 84.9 Å². The Morgan fingerprint density at radius 1 is 0.976 bits per heavy atom. The molecule has 0 fully saturated rings. The lowest BCUT2D eigenvalue weighted by Crippen LogP contribution is -2.47. The van der Waals surface area contributed by atoms with Gasteiger partial charge >= 0.3 is 0 Å². The largest absolute Gasteiger partial charge is 0.494 e. The molecule has 1 heterocycles. The topological polar surface area (TPSA) is 80.2 Å². The molecule has 4 aromatic rings. The van der Waals surface area contributed by atoms with Gasteiger partial charge in [-0.25, -0.2) is 4.99 Å². The Morgan fingerprint density at radius 2 is 1.69 bits per heavy atom. The standard InChI is InChI=1S/C35H33ClN2O4/c1-2-20-35(34(40)37-24-25-8-6-11-30(36)23-25)32(28-14-12-27(13-15-28)26-9-4-3-5-10-26)42-33(38-35)29-16-18-31(19-17-29)41-22-7-21-39/h2-6,8-19,23,32,39H,1,7,20-22,24H2,(H,37,40)/t32-,35-/m1/s1. The van der Waals surface area contributed by atoms with Gasteiger partial charge in [-0.05, 0) is 58.7 Å². The molecule has 6 nitrogen and oxygen atoms in total. The van der Waals surface area contributed by atoms with Crippen LogP contribution < -0.4 is 10.1 Å². The van der Waals surface area contributed by atoms with Crippen LogP contribution in [0.2, 0.25) is 5.02 Å². The second-order valence-corrected chi connectivity index (χ2v) is 10.5. The molecular weight excluding hydrogens is 548 g/mol. The highest BCUT2D eigenvalue weighted by atomic mass is 35.5. The number of benzene rings is 4. The van der Waals surface area contributed by atoms with Crippen molar-refractivity contribution in [2.75, 3.05) is 13.2 Å². The fourth-order valence-corrected chi connectivity index (χ4v) is 5.21. The summed E-state index contributed by atoms with van der Waals surface area (Å²) in [5, 5.41) is 12.7. The van der Waals surface area contributed by atoms with Crippen LogP contribution in [0.15, 0.2) is 121 Å². The van der Waals surface area contributed by atoms with Gasteiger partial charge < -0.3 is 19.9 Å². The van der Waals surface area contributed by atoms with Crippen molar-refractivity contribution in [3.8, 4) is 16.9 Å². The summed E-state index contributed by atoms with van der Waals surface area (Å²) in [5.74, 6) is 0.780. The number of halogens is 1. The number of aliphatic imine (C=N–C) groups is 1. The van der Waals surface area contributed by atoms with Crippen LogP contribution in [-0.4, -0.2) is 35.7 Å². The number of carbonyl (C=O) groups excluding carboxylic acids is 1. The molecule has 0 radical (unpaired) electrons. The summed E-state index contributed by atoms with van der Waals surface area (Å²) in [5.41, 5.74) is 3.33. The Kier molecular flexibility index (Phi) is 9.37. The van der Waals surface area contributed by atoms with E-state index in [-0.39, 0.29) is 18.9 Å². The van der Waals surface area contributed by atoms with Gasteiger partial charge in [0.25, 0.3) is 5.91 Å². The molecule has 42 heavy (non-hydrogen) atoms. The number of carbonyl (C=O) groups is 1. The molecular formula is C35H33ClN2O4. The van der Waals surface area contributed by atoms with E-state index in [9.17, 15) is 4.79 Å². The molecule has 5 rings (SSSR count). The number of hydrogen-bond donors (Lipinski definition) is 2. The van der Waals surface area contributed by atoms with Gasteiger partial charge in [-0.2, -0.15) is 0 Å². The zero-order chi connectivity index (χ0) is 29.4. The lowest BCUT2D eigenvalue weighted by Gasteiger charge is -2.30. The molecule has 2 atom stereocenters. The van der Waals surface area contributed by atoms with E-state index in [1.54, 1.807) is 12.1 Å². The van der Waals surface area contributed by atoms with Gasteiger partial charge in [-0.15, -0.1) is 6.58 Å². The predicted molar refractivity (Wildman–Crippen MR) is 167 cm³/mol. The molecule has 1 aliphatic rings. The summed E-state index contributed by atoms with van der Waals surface area (Å²) in [6, 6.07) is 32.9. The Hall–Kier alpha value is -4.39. The lowest BCUT2D eigenvalue weighted by atomic mass is 9.84.